The summed E-state index contributed by atoms with van der Waals surface area (Å²) >= 11 is 3.40. The highest BCUT2D eigenvalue weighted by molar-refractivity contribution is 9.10. The maximum absolute atomic E-state index is 10.9. The fourth-order valence-electron chi connectivity index (χ4n) is 2.36. The highest BCUT2D eigenvalue weighted by Crippen LogP contribution is 2.26. The molecule has 1 aliphatic carbocycles. The van der Waals surface area contributed by atoms with Gasteiger partial charge in [0.1, 0.15) is 0 Å². The molecule has 20 heavy (non-hydrogen) atoms. The van der Waals surface area contributed by atoms with Gasteiger partial charge >= 0.3 is 5.97 Å². The Morgan fingerprint density at radius 1 is 1.40 bits per heavy atom. The topological polar surface area (TPSA) is 46.5 Å². The Kier molecular flexibility index (Phi) is 5.38. The van der Waals surface area contributed by atoms with Crippen LogP contribution in [-0.4, -0.2) is 17.7 Å². The first-order valence-electron chi connectivity index (χ1n) is 6.82. The molecule has 0 fully saturated rings. The second-order valence-electron chi connectivity index (χ2n) is 5.31. The summed E-state index contributed by atoms with van der Waals surface area (Å²) in [5.74, 6) is 0.330. The third-order valence-electron chi connectivity index (χ3n) is 3.81. The van der Waals surface area contributed by atoms with Crippen molar-refractivity contribution >= 4 is 21.9 Å². The van der Waals surface area contributed by atoms with E-state index in [9.17, 15) is 4.79 Å². The van der Waals surface area contributed by atoms with Gasteiger partial charge in [-0.15, -0.1) is 0 Å². The molecule has 0 saturated heterocycles. The number of carbonyl (C=O) groups is 1. The van der Waals surface area contributed by atoms with Gasteiger partial charge in [0.2, 0.25) is 0 Å². The van der Waals surface area contributed by atoms with Crippen LogP contribution in [0.2, 0.25) is 0 Å². The molecule has 4 heteroatoms. The molecular weight excluding hydrogens is 320 g/mol. The first kappa shape index (κ1) is 15.3. The van der Waals surface area contributed by atoms with Crippen molar-refractivity contribution < 1.29 is 14.6 Å². The van der Waals surface area contributed by atoms with Crippen molar-refractivity contribution in [2.75, 3.05) is 6.61 Å². The van der Waals surface area contributed by atoms with Crippen LogP contribution in [0.3, 0.4) is 0 Å². The molecule has 2 unspecified atom stereocenters. The van der Waals surface area contributed by atoms with Crippen molar-refractivity contribution in [3.63, 3.8) is 0 Å². The van der Waals surface area contributed by atoms with Crippen LogP contribution in [0.15, 0.2) is 34.8 Å². The molecule has 3 nitrogen and oxygen atoms in total. The number of ether oxygens (including phenoxy) is 1. The first-order chi connectivity index (χ1) is 9.58. The highest BCUT2D eigenvalue weighted by Gasteiger charge is 2.18. The number of halogens is 1. The molecule has 1 aromatic carbocycles. The van der Waals surface area contributed by atoms with E-state index in [0.717, 1.165) is 29.5 Å². The average molecular weight is 339 g/mol. The molecule has 0 radical (unpaired) electrons. The molecule has 2 atom stereocenters. The number of allylic oxidation sites excluding steroid dienone is 2. The smallest absolute Gasteiger partial charge is 0.335 e. The summed E-state index contributed by atoms with van der Waals surface area (Å²) in [6, 6.07) is 5.03. The molecule has 108 valence electrons. The number of hydrogen-bond donors (Lipinski definition) is 1. The van der Waals surface area contributed by atoms with E-state index in [1.165, 1.54) is 0 Å². The van der Waals surface area contributed by atoms with Crippen molar-refractivity contribution in [1.29, 1.82) is 0 Å². The summed E-state index contributed by atoms with van der Waals surface area (Å²) in [7, 11) is 0. The van der Waals surface area contributed by atoms with E-state index >= 15 is 0 Å². The lowest BCUT2D eigenvalue weighted by Crippen LogP contribution is -2.19. The highest BCUT2D eigenvalue weighted by atomic mass is 79.9. The van der Waals surface area contributed by atoms with Gasteiger partial charge in [0.15, 0.2) is 0 Å². The van der Waals surface area contributed by atoms with E-state index in [1.54, 1.807) is 18.2 Å². The Morgan fingerprint density at radius 2 is 2.15 bits per heavy atom. The third kappa shape index (κ3) is 3.93. The van der Waals surface area contributed by atoms with Gasteiger partial charge in [-0.2, -0.15) is 0 Å². The zero-order valence-corrected chi connectivity index (χ0v) is 13.1. The maximum Gasteiger partial charge on any atom is 0.335 e. The molecule has 1 N–H and O–H groups in total. The second kappa shape index (κ2) is 7.04. The number of carboxylic acids is 1. The minimum absolute atomic E-state index is 0.284. The van der Waals surface area contributed by atoms with E-state index in [2.05, 4.69) is 35.0 Å². The first-order valence-corrected chi connectivity index (χ1v) is 7.61. The Morgan fingerprint density at radius 3 is 2.80 bits per heavy atom. The predicted molar refractivity (Wildman–Crippen MR) is 81.8 cm³/mol. The van der Waals surface area contributed by atoms with Crippen LogP contribution in [0.4, 0.5) is 0 Å². The molecule has 0 spiro atoms. The van der Waals surface area contributed by atoms with Crippen LogP contribution in [-0.2, 0) is 11.3 Å². The molecule has 0 saturated carbocycles. The summed E-state index contributed by atoms with van der Waals surface area (Å²) in [5, 5.41) is 8.92. The number of benzene rings is 1. The van der Waals surface area contributed by atoms with Gasteiger partial charge in [0, 0.05) is 4.47 Å². The van der Waals surface area contributed by atoms with Crippen molar-refractivity contribution in [1.82, 2.24) is 0 Å². The van der Waals surface area contributed by atoms with Crippen molar-refractivity contribution in [3.05, 3.63) is 46.0 Å². The lowest BCUT2D eigenvalue weighted by molar-refractivity contribution is 0.0672. The van der Waals surface area contributed by atoms with E-state index in [1.807, 2.05) is 0 Å². The zero-order valence-electron chi connectivity index (χ0n) is 11.5. The zero-order chi connectivity index (χ0) is 14.5. The number of aromatic carboxylic acids is 1. The van der Waals surface area contributed by atoms with Crippen molar-refractivity contribution in [3.8, 4) is 0 Å². The molecular formula is C16H19BrO3. The minimum Gasteiger partial charge on any atom is -0.478 e. The van der Waals surface area contributed by atoms with Crippen LogP contribution in [0.25, 0.3) is 0 Å². The van der Waals surface area contributed by atoms with E-state index in [4.69, 9.17) is 9.84 Å². The quantitative estimate of drug-likeness (QED) is 0.815. The molecule has 0 aromatic heterocycles. The summed E-state index contributed by atoms with van der Waals surface area (Å²) in [5.41, 5.74) is 1.26. The fourth-order valence-corrected chi connectivity index (χ4v) is 2.85. The molecule has 0 aliphatic heterocycles. The van der Waals surface area contributed by atoms with E-state index in [0.29, 0.717) is 18.4 Å². The summed E-state index contributed by atoms with van der Waals surface area (Å²) < 4.78 is 6.59. The number of carboxylic acid groups (broad SMARTS) is 1. The standard InChI is InChI=1S/C16H19BrO3/c1-11-4-2-3-5-13(11)9-20-10-14-7-6-12(16(18)19)8-15(14)17/h2-3,6-8,11,13H,4-5,9-10H2,1H3,(H,18,19). The fraction of sp³-hybridized carbons (Fsp3) is 0.438. The molecule has 0 heterocycles. The monoisotopic (exact) mass is 338 g/mol. The molecule has 1 aromatic rings. The number of rotatable bonds is 5. The summed E-state index contributed by atoms with van der Waals surface area (Å²) in [6.45, 7) is 3.52. The summed E-state index contributed by atoms with van der Waals surface area (Å²) in [4.78, 5) is 10.9. The predicted octanol–water partition coefficient (Wildman–Crippen LogP) is 4.27. The second-order valence-corrected chi connectivity index (χ2v) is 6.16. The Bertz CT molecular complexity index is 510. The molecule has 1 aliphatic rings. The SMILES string of the molecule is CC1CC=CCC1COCc1ccc(C(=O)O)cc1Br. The maximum atomic E-state index is 10.9. The van der Waals surface area contributed by atoms with Crippen LogP contribution in [0, 0.1) is 11.8 Å². The normalized spacial score (nSPS) is 21.9. The third-order valence-corrected chi connectivity index (χ3v) is 4.55. The van der Waals surface area contributed by atoms with Crippen LogP contribution >= 0.6 is 15.9 Å². The van der Waals surface area contributed by atoms with Gasteiger partial charge in [-0.1, -0.05) is 41.1 Å². The van der Waals surface area contributed by atoms with Gasteiger partial charge < -0.3 is 9.84 Å². The van der Waals surface area contributed by atoms with Gasteiger partial charge in [0.05, 0.1) is 18.8 Å². The largest absolute Gasteiger partial charge is 0.478 e. The lowest BCUT2D eigenvalue weighted by atomic mass is 9.85. The molecule has 2 rings (SSSR count). The van der Waals surface area contributed by atoms with Crippen LogP contribution in [0.5, 0.6) is 0 Å². The van der Waals surface area contributed by atoms with Gasteiger partial charge in [-0.3, -0.25) is 0 Å². The summed E-state index contributed by atoms with van der Waals surface area (Å²) in [6.07, 6.45) is 6.68. The Balaban J connectivity index is 1.88. The van der Waals surface area contributed by atoms with Gasteiger partial charge in [-0.05, 0) is 42.4 Å². The Labute approximate surface area is 127 Å². The molecule has 0 amide bonds. The van der Waals surface area contributed by atoms with E-state index < -0.39 is 5.97 Å². The van der Waals surface area contributed by atoms with E-state index in [-0.39, 0.29) is 5.56 Å². The van der Waals surface area contributed by atoms with Gasteiger partial charge in [0.25, 0.3) is 0 Å². The van der Waals surface area contributed by atoms with Crippen LogP contribution < -0.4 is 0 Å². The average Bonchev–Trinajstić information content (AvgIpc) is 2.42. The lowest BCUT2D eigenvalue weighted by Gasteiger charge is -2.25. The number of hydrogen-bond acceptors (Lipinski definition) is 2. The molecule has 0 bridgehead atoms. The minimum atomic E-state index is -0.916. The van der Waals surface area contributed by atoms with Crippen molar-refractivity contribution in [2.24, 2.45) is 11.8 Å². The Hall–Kier alpha value is -1.13. The van der Waals surface area contributed by atoms with Crippen LogP contribution in [0.1, 0.15) is 35.7 Å². The van der Waals surface area contributed by atoms with Gasteiger partial charge in [-0.25, -0.2) is 4.79 Å². The van der Waals surface area contributed by atoms with Crippen molar-refractivity contribution in [2.45, 2.75) is 26.4 Å².